The van der Waals surface area contributed by atoms with Crippen LogP contribution in [0, 0.1) is 0 Å². The third-order valence-corrected chi connectivity index (χ3v) is 3.39. The Kier molecular flexibility index (Phi) is 3.70. The third kappa shape index (κ3) is 2.74. The van der Waals surface area contributed by atoms with Gasteiger partial charge in [-0.2, -0.15) is 0 Å². The topological polar surface area (TPSA) is 67.9 Å². The Labute approximate surface area is 129 Å². The predicted octanol–water partition coefficient (Wildman–Crippen LogP) is 2.85. The largest absolute Gasteiger partial charge is 0.382 e. The van der Waals surface area contributed by atoms with Gasteiger partial charge in [-0.25, -0.2) is 9.97 Å². The second-order valence-electron chi connectivity index (χ2n) is 5.18. The van der Waals surface area contributed by atoms with E-state index in [1.54, 1.807) is 18.6 Å². The maximum Gasteiger partial charge on any atom is 0.150 e. The van der Waals surface area contributed by atoms with Crippen molar-refractivity contribution in [2.75, 3.05) is 24.7 Å². The zero-order chi connectivity index (χ0) is 15.5. The van der Waals surface area contributed by atoms with E-state index in [2.05, 4.69) is 15.0 Å². The average molecular weight is 291 g/mol. The summed E-state index contributed by atoms with van der Waals surface area (Å²) in [7, 11) is 4.00. The molecule has 1 aromatic carbocycles. The molecule has 5 heteroatoms. The van der Waals surface area contributed by atoms with Crippen LogP contribution in [0.3, 0.4) is 0 Å². The molecule has 0 saturated carbocycles. The molecule has 22 heavy (non-hydrogen) atoms. The predicted molar refractivity (Wildman–Crippen MR) is 89.4 cm³/mol. The summed E-state index contributed by atoms with van der Waals surface area (Å²) in [5.41, 5.74) is 10.4. The lowest BCUT2D eigenvalue weighted by Crippen LogP contribution is -2.08. The van der Waals surface area contributed by atoms with E-state index in [4.69, 9.17) is 5.73 Å². The molecule has 0 radical (unpaired) electrons. The number of nitrogens with zero attached hydrogens (tertiary/aromatic N) is 4. The van der Waals surface area contributed by atoms with Crippen LogP contribution < -0.4 is 10.6 Å². The van der Waals surface area contributed by atoms with Crippen molar-refractivity contribution in [2.45, 2.75) is 0 Å². The van der Waals surface area contributed by atoms with Gasteiger partial charge >= 0.3 is 0 Å². The first-order valence-electron chi connectivity index (χ1n) is 6.96. The molecule has 2 aromatic heterocycles. The highest BCUT2D eigenvalue weighted by Crippen LogP contribution is 2.28. The molecular weight excluding hydrogens is 274 g/mol. The average Bonchev–Trinajstić information content (AvgIpc) is 2.56. The summed E-state index contributed by atoms with van der Waals surface area (Å²) in [5, 5.41) is 0. The second kappa shape index (κ2) is 5.81. The minimum atomic E-state index is 0.420. The van der Waals surface area contributed by atoms with Gasteiger partial charge < -0.3 is 10.6 Å². The summed E-state index contributed by atoms with van der Waals surface area (Å²) in [6.45, 7) is 0. The summed E-state index contributed by atoms with van der Waals surface area (Å²) in [6.07, 6.45) is 5.17. The van der Waals surface area contributed by atoms with Gasteiger partial charge in [0.25, 0.3) is 0 Å². The fourth-order valence-electron chi connectivity index (χ4n) is 2.20. The number of nitrogens with two attached hydrogens (primary N) is 1. The first-order chi connectivity index (χ1) is 10.6. The molecule has 5 nitrogen and oxygen atoms in total. The van der Waals surface area contributed by atoms with Crippen LogP contribution in [0.25, 0.3) is 22.5 Å². The first kappa shape index (κ1) is 14.0. The van der Waals surface area contributed by atoms with E-state index in [1.807, 2.05) is 55.4 Å². The van der Waals surface area contributed by atoms with Crippen LogP contribution in [-0.4, -0.2) is 29.0 Å². The minimum absolute atomic E-state index is 0.420. The van der Waals surface area contributed by atoms with Crippen LogP contribution in [0.15, 0.2) is 55.0 Å². The maximum atomic E-state index is 6.02. The van der Waals surface area contributed by atoms with Crippen molar-refractivity contribution in [1.82, 2.24) is 15.0 Å². The summed E-state index contributed by atoms with van der Waals surface area (Å²) in [5.74, 6) is 0.420. The molecule has 3 aromatic rings. The molecule has 0 aliphatic carbocycles. The molecule has 0 unspecified atom stereocenters. The Hall–Kier alpha value is -2.95. The molecule has 0 spiro atoms. The van der Waals surface area contributed by atoms with Crippen molar-refractivity contribution >= 4 is 11.5 Å². The van der Waals surface area contributed by atoms with Crippen LogP contribution in [0.5, 0.6) is 0 Å². The van der Waals surface area contributed by atoms with Gasteiger partial charge in [0.05, 0.1) is 11.9 Å². The van der Waals surface area contributed by atoms with Gasteiger partial charge in [0.2, 0.25) is 0 Å². The van der Waals surface area contributed by atoms with Crippen molar-refractivity contribution in [3.63, 3.8) is 0 Å². The van der Waals surface area contributed by atoms with Crippen LogP contribution in [0.4, 0.5) is 11.5 Å². The van der Waals surface area contributed by atoms with Crippen molar-refractivity contribution in [1.29, 1.82) is 0 Å². The maximum absolute atomic E-state index is 6.02. The van der Waals surface area contributed by atoms with Crippen LogP contribution in [0.1, 0.15) is 0 Å². The zero-order valence-corrected chi connectivity index (χ0v) is 12.6. The quantitative estimate of drug-likeness (QED) is 0.803. The van der Waals surface area contributed by atoms with E-state index in [9.17, 15) is 0 Å². The van der Waals surface area contributed by atoms with Gasteiger partial charge in [-0.3, -0.25) is 4.98 Å². The van der Waals surface area contributed by atoms with E-state index >= 15 is 0 Å². The van der Waals surface area contributed by atoms with Crippen molar-refractivity contribution < 1.29 is 0 Å². The minimum Gasteiger partial charge on any atom is -0.382 e. The summed E-state index contributed by atoms with van der Waals surface area (Å²) < 4.78 is 0. The van der Waals surface area contributed by atoms with E-state index in [-0.39, 0.29) is 0 Å². The van der Waals surface area contributed by atoms with Gasteiger partial charge in [-0.1, -0.05) is 12.1 Å². The number of hydrogen-bond acceptors (Lipinski definition) is 5. The van der Waals surface area contributed by atoms with E-state index in [1.165, 1.54) is 0 Å². The molecule has 3 rings (SSSR count). The highest BCUT2D eigenvalue weighted by molar-refractivity contribution is 5.75. The molecule has 0 aliphatic rings. The highest BCUT2D eigenvalue weighted by atomic mass is 15.1. The summed E-state index contributed by atoms with van der Waals surface area (Å²) in [4.78, 5) is 15.1. The summed E-state index contributed by atoms with van der Waals surface area (Å²) >= 11 is 0. The van der Waals surface area contributed by atoms with Crippen molar-refractivity contribution in [3.05, 3.63) is 55.0 Å². The molecular formula is C17H17N5. The highest BCUT2D eigenvalue weighted by Gasteiger charge is 2.10. The van der Waals surface area contributed by atoms with E-state index < -0.39 is 0 Å². The number of pyridine rings is 1. The lowest BCUT2D eigenvalue weighted by atomic mass is 10.1. The molecule has 0 amide bonds. The SMILES string of the molecule is CN(C)c1cccc(-c2nc(-c3cccnc3)cnc2N)c1. The standard InChI is InChI=1S/C17H17N5/c1-22(2)14-7-3-5-12(9-14)16-17(18)20-11-15(21-16)13-6-4-8-19-10-13/h3-11H,1-2H3,(H2,18,20). The number of nitrogen functional groups attached to an aromatic ring is 1. The second-order valence-corrected chi connectivity index (χ2v) is 5.18. The Morgan fingerprint density at radius 2 is 1.82 bits per heavy atom. The zero-order valence-electron chi connectivity index (χ0n) is 12.6. The molecule has 0 fully saturated rings. The van der Waals surface area contributed by atoms with Crippen molar-refractivity contribution in [3.8, 4) is 22.5 Å². The van der Waals surface area contributed by atoms with Crippen LogP contribution in [0.2, 0.25) is 0 Å². The van der Waals surface area contributed by atoms with Gasteiger partial charge in [-0.15, -0.1) is 0 Å². The first-order valence-corrected chi connectivity index (χ1v) is 6.96. The number of rotatable bonds is 3. The van der Waals surface area contributed by atoms with Gasteiger partial charge in [0, 0.05) is 43.3 Å². The lowest BCUT2D eigenvalue weighted by Gasteiger charge is -2.14. The van der Waals surface area contributed by atoms with Crippen molar-refractivity contribution in [2.24, 2.45) is 0 Å². The molecule has 0 atom stereocenters. The molecule has 0 aliphatic heterocycles. The van der Waals surface area contributed by atoms with Gasteiger partial charge in [0.1, 0.15) is 11.5 Å². The number of aromatic nitrogens is 3. The van der Waals surface area contributed by atoms with Gasteiger partial charge in [0.15, 0.2) is 0 Å². The smallest absolute Gasteiger partial charge is 0.150 e. The molecule has 110 valence electrons. The molecule has 2 N–H and O–H groups in total. The fraction of sp³-hybridized carbons (Fsp3) is 0.118. The normalized spacial score (nSPS) is 10.5. The number of benzene rings is 1. The molecule has 0 bridgehead atoms. The lowest BCUT2D eigenvalue weighted by molar-refractivity contribution is 1.13. The van der Waals surface area contributed by atoms with Crippen LogP contribution in [-0.2, 0) is 0 Å². The van der Waals surface area contributed by atoms with E-state index in [0.717, 1.165) is 22.5 Å². The molecule has 2 heterocycles. The van der Waals surface area contributed by atoms with Crippen LogP contribution >= 0.6 is 0 Å². The monoisotopic (exact) mass is 291 g/mol. The van der Waals surface area contributed by atoms with Gasteiger partial charge in [-0.05, 0) is 24.3 Å². The molecule has 0 saturated heterocycles. The Bertz CT molecular complexity index is 784. The Morgan fingerprint density at radius 3 is 2.55 bits per heavy atom. The number of anilines is 2. The Balaban J connectivity index is 2.09. The van der Waals surface area contributed by atoms with E-state index in [0.29, 0.717) is 11.5 Å². The third-order valence-electron chi connectivity index (χ3n) is 3.39. The summed E-state index contributed by atoms with van der Waals surface area (Å²) in [6, 6.07) is 11.9. The fourth-order valence-corrected chi connectivity index (χ4v) is 2.20. The Morgan fingerprint density at radius 1 is 1.00 bits per heavy atom. The number of hydrogen-bond donors (Lipinski definition) is 1.